The highest BCUT2D eigenvalue weighted by Crippen LogP contribution is 2.22. The number of nitrogens with zero attached hydrogens (tertiary/aromatic N) is 1. The van der Waals surface area contributed by atoms with Crippen LogP contribution in [0.1, 0.15) is 17.0 Å². The average Bonchev–Trinajstić information content (AvgIpc) is 2.20. The molecule has 0 aliphatic rings. The molecule has 0 saturated carbocycles. The van der Waals surface area contributed by atoms with Crippen LogP contribution in [0.3, 0.4) is 0 Å². The van der Waals surface area contributed by atoms with Crippen LogP contribution in [0.15, 0.2) is 24.3 Å². The van der Waals surface area contributed by atoms with Gasteiger partial charge >= 0.3 is 0 Å². The monoisotopic (exact) mass is 230 g/mol. The van der Waals surface area contributed by atoms with Crippen molar-refractivity contribution in [2.24, 2.45) is 0 Å². The SMILES string of the molecule is Cc1ccc(C)c(-c2cc(=S)nc(C)[nH]2)c1. The van der Waals surface area contributed by atoms with Gasteiger partial charge in [0.2, 0.25) is 0 Å². The van der Waals surface area contributed by atoms with Crippen molar-refractivity contribution < 1.29 is 0 Å². The van der Waals surface area contributed by atoms with Crippen LogP contribution in [0.2, 0.25) is 0 Å². The fraction of sp³-hybridized carbons (Fsp3) is 0.231. The Kier molecular flexibility index (Phi) is 2.88. The van der Waals surface area contributed by atoms with E-state index in [2.05, 4.69) is 42.0 Å². The Hall–Kier alpha value is -1.48. The molecule has 0 aliphatic carbocycles. The predicted molar refractivity (Wildman–Crippen MR) is 69.1 cm³/mol. The minimum Gasteiger partial charge on any atom is -0.343 e. The van der Waals surface area contributed by atoms with Crippen LogP contribution >= 0.6 is 12.2 Å². The standard InChI is InChI=1S/C13H14N2S/c1-8-4-5-9(2)11(6-8)12-7-13(16)15-10(3)14-12/h4-7H,1-3H3,(H,14,15,16). The summed E-state index contributed by atoms with van der Waals surface area (Å²) in [6.45, 7) is 6.11. The number of nitrogens with one attached hydrogen (secondary N) is 1. The van der Waals surface area contributed by atoms with Crippen LogP contribution in [0.4, 0.5) is 0 Å². The van der Waals surface area contributed by atoms with E-state index in [1.165, 1.54) is 16.7 Å². The summed E-state index contributed by atoms with van der Waals surface area (Å²) in [4.78, 5) is 7.43. The molecule has 1 aromatic heterocycles. The second kappa shape index (κ2) is 4.18. The molecule has 0 saturated heterocycles. The van der Waals surface area contributed by atoms with Crippen molar-refractivity contribution in [3.8, 4) is 11.3 Å². The summed E-state index contributed by atoms with van der Waals surface area (Å²) in [6, 6.07) is 8.30. The number of aromatic amines is 1. The van der Waals surface area contributed by atoms with E-state index in [4.69, 9.17) is 12.2 Å². The van der Waals surface area contributed by atoms with E-state index in [9.17, 15) is 0 Å². The molecule has 82 valence electrons. The second-order valence-corrected chi connectivity index (χ2v) is 4.46. The van der Waals surface area contributed by atoms with E-state index in [0.717, 1.165) is 11.5 Å². The lowest BCUT2D eigenvalue weighted by Crippen LogP contribution is -1.93. The molecule has 0 amide bonds. The number of hydrogen-bond acceptors (Lipinski definition) is 2. The van der Waals surface area contributed by atoms with Crippen molar-refractivity contribution in [2.45, 2.75) is 20.8 Å². The summed E-state index contributed by atoms with van der Waals surface area (Å²) < 4.78 is 0.632. The zero-order valence-electron chi connectivity index (χ0n) is 9.66. The minimum absolute atomic E-state index is 0.632. The van der Waals surface area contributed by atoms with Crippen LogP contribution in [0.25, 0.3) is 11.3 Å². The third kappa shape index (κ3) is 2.19. The molecular weight excluding hydrogens is 216 g/mol. The van der Waals surface area contributed by atoms with Gasteiger partial charge in [0, 0.05) is 11.3 Å². The third-order valence-corrected chi connectivity index (χ3v) is 2.75. The lowest BCUT2D eigenvalue weighted by atomic mass is 10.0. The zero-order valence-corrected chi connectivity index (χ0v) is 10.5. The molecule has 3 heteroatoms. The molecule has 16 heavy (non-hydrogen) atoms. The highest BCUT2D eigenvalue weighted by molar-refractivity contribution is 7.71. The number of hydrogen-bond donors (Lipinski definition) is 1. The van der Waals surface area contributed by atoms with E-state index in [1.54, 1.807) is 0 Å². The number of rotatable bonds is 1. The van der Waals surface area contributed by atoms with Crippen molar-refractivity contribution in [2.75, 3.05) is 0 Å². The number of H-pyrrole nitrogens is 1. The van der Waals surface area contributed by atoms with Gasteiger partial charge < -0.3 is 4.98 Å². The molecule has 0 radical (unpaired) electrons. The Morgan fingerprint density at radius 1 is 1.12 bits per heavy atom. The van der Waals surface area contributed by atoms with Gasteiger partial charge in [-0.3, -0.25) is 0 Å². The Balaban J connectivity index is 2.66. The van der Waals surface area contributed by atoms with Crippen molar-refractivity contribution >= 4 is 12.2 Å². The highest BCUT2D eigenvalue weighted by Gasteiger charge is 2.03. The van der Waals surface area contributed by atoms with E-state index in [1.807, 2.05) is 13.0 Å². The number of aromatic nitrogens is 2. The first kappa shape index (κ1) is 11.0. The molecule has 0 bridgehead atoms. The van der Waals surface area contributed by atoms with E-state index in [0.29, 0.717) is 4.64 Å². The summed E-state index contributed by atoms with van der Waals surface area (Å²) >= 11 is 5.13. The van der Waals surface area contributed by atoms with Crippen LogP contribution in [0, 0.1) is 25.4 Å². The molecule has 1 N–H and O–H groups in total. The summed E-state index contributed by atoms with van der Waals surface area (Å²) in [6.07, 6.45) is 0. The molecule has 0 fully saturated rings. The molecule has 2 rings (SSSR count). The molecule has 2 aromatic rings. The smallest absolute Gasteiger partial charge is 0.130 e. The van der Waals surface area contributed by atoms with Gasteiger partial charge in [0.05, 0.1) is 0 Å². The maximum atomic E-state index is 5.13. The maximum absolute atomic E-state index is 5.13. The molecule has 2 nitrogen and oxygen atoms in total. The Morgan fingerprint density at radius 3 is 2.56 bits per heavy atom. The lowest BCUT2D eigenvalue weighted by molar-refractivity contribution is 1.04. The molecule has 0 aliphatic heterocycles. The van der Waals surface area contributed by atoms with Crippen LogP contribution in [0.5, 0.6) is 0 Å². The largest absolute Gasteiger partial charge is 0.343 e. The van der Waals surface area contributed by atoms with Gasteiger partial charge in [0.1, 0.15) is 10.5 Å². The maximum Gasteiger partial charge on any atom is 0.130 e. The first-order chi connectivity index (χ1) is 7.56. The number of benzene rings is 1. The minimum atomic E-state index is 0.632. The van der Waals surface area contributed by atoms with Gasteiger partial charge in [0.25, 0.3) is 0 Å². The Bertz CT molecular complexity index is 585. The lowest BCUT2D eigenvalue weighted by Gasteiger charge is -2.08. The third-order valence-electron chi connectivity index (χ3n) is 2.54. The van der Waals surface area contributed by atoms with E-state index in [-0.39, 0.29) is 0 Å². The van der Waals surface area contributed by atoms with Crippen molar-refractivity contribution in [1.29, 1.82) is 0 Å². The van der Waals surface area contributed by atoms with Gasteiger partial charge in [-0.25, -0.2) is 4.98 Å². The van der Waals surface area contributed by atoms with Crippen LogP contribution in [-0.4, -0.2) is 9.97 Å². The molecule has 1 aromatic carbocycles. The van der Waals surface area contributed by atoms with Gasteiger partial charge in [0.15, 0.2) is 0 Å². The second-order valence-electron chi connectivity index (χ2n) is 4.04. The van der Waals surface area contributed by atoms with Crippen LogP contribution < -0.4 is 0 Å². The van der Waals surface area contributed by atoms with E-state index < -0.39 is 0 Å². The molecule has 0 atom stereocenters. The average molecular weight is 230 g/mol. The molecule has 1 heterocycles. The normalized spacial score (nSPS) is 10.4. The van der Waals surface area contributed by atoms with Gasteiger partial charge in [-0.05, 0) is 38.5 Å². The number of aryl methyl sites for hydroxylation is 3. The zero-order chi connectivity index (χ0) is 11.7. The molecule has 0 unspecified atom stereocenters. The fourth-order valence-electron chi connectivity index (χ4n) is 1.75. The van der Waals surface area contributed by atoms with Crippen LogP contribution in [-0.2, 0) is 0 Å². The Labute approximate surface area is 100 Å². The van der Waals surface area contributed by atoms with Gasteiger partial charge in [-0.2, -0.15) is 0 Å². The highest BCUT2D eigenvalue weighted by atomic mass is 32.1. The summed E-state index contributed by atoms with van der Waals surface area (Å²) in [7, 11) is 0. The van der Waals surface area contributed by atoms with Crippen molar-refractivity contribution in [1.82, 2.24) is 9.97 Å². The fourth-order valence-corrected chi connectivity index (χ4v) is 2.01. The summed E-state index contributed by atoms with van der Waals surface area (Å²) in [5.74, 6) is 0.850. The quantitative estimate of drug-likeness (QED) is 0.756. The van der Waals surface area contributed by atoms with Gasteiger partial charge in [-0.15, -0.1) is 0 Å². The summed E-state index contributed by atoms with van der Waals surface area (Å²) in [5, 5.41) is 0. The molecular formula is C13H14N2S. The van der Waals surface area contributed by atoms with Crippen molar-refractivity contribution in [3.63, 3.8) is 0 Å². The first-order valence-corrected chi connectivity index (χ1v) is 5.62. The van der Waals surface area contributed by atoms with E-state index >= 15 is 0 Å². The first-order valence-electron chi connectivity index (χ1n) is 5.22. The molecule has 0 spiro atoms. The summed E-state index contributed by atoms with van der Waals surface area (Å²) in [5.41, 5.74) is 4.71. The predicted octanol–water partition coefficient (Wildman–Crippen LogP) is 3.73. The Morgan fingerprint density at radius 2 is 1.88 bits per heavy atom. The van der Waals surface area contributed by atoms with Gasteiger partial charge in [-0.1, -0.05) is 29.9 Å². The topological polar surface area (TPSA) is 28.7 Å². The van der Waals surface area contributed by atoms with Crippen molar-refractivity contribution in [3.05, 3.63) is 45.9 Å².